The van der Waals surface area contributed by atoms with Crippen molar-refractivity contribution in [3.8, 4) is 6.07 Å². The van der Waals surface area contributed by atoms with Crippen molar-refractivity contribution in [1.29, 1.82) is 5.26 Å². The summed E-state index contributed by atoms with van der Waals surface area (Å²) in [6, 6.07) is 9.18. The first-order valence-electron chi connectivity index (χ1n) is 4.53. The third-order valence-corrected chi connectivity index (χ3v) is 2.07. The molecule has 1 rings (SSSR count). The summed E-state index contributed by atoms with van der Waals surface area (Å²) in [6.45, 7) is 3.45. The van der Waals surface area contributed by atoms with Crippen LogP contribution in [0.25, 0.3) is 0 Å². The van der Waals surface area contributed by atoms with E-state index in [9.17, 15) is 4.79 Å². The van der Waals surface area contributed by atoms with Gasteiger partial charge in [-0.15, -0.1) is 0 Å². The lowest BCUT2D eigenvalue weighted by atomic mass is 10.0. The van der Waals surface area contributed by atoms with Gasteiger partial charge >= 0.3 is 5.97 Å². The fourth-order valence-electron chi connectivity index (χ4n) is 1.20. The van der Waals surface area contributed by atoms with Crippen LogP contribution < -0.4 is 0 Å². The molecular weight excluding hydrogens is 190 g/mol. The number of aliphatic carboxylic acids is 1. The lowest BCUT2D eigenvalue weighted by molar-refractivity contribution is -0.132. The lowest BCUT2D eigenvalue weighted by Gasteiger charge is -2.01. The molecule has 0 fully saturated rings. The van der Waals surface area contributed by atoms with Gasteiger partial charge in [0.15, 0.2) is 0 Å². The first-order chi connectivity index (χ1) is 7.13. The number of carbonyl (C=O) groups is 1. The molecule has 15 heavy (non-hydrogen) atoms. The molecule has 0 atom stereocenters. The standard InChI is InChI=1S/C12H11NO2/c1-9(12(14)15)5-6-10-3-2-4-11(7-10)8-13/h2-4,7H,1,5-6H2,(H,14,15). The quantitative estimate of drug-likeness (QED) is 0.759. The Morgan fingerprint density at radius 3 is 2.87 bits per heavy atom. The number of aryl methyl sites for hydroxylation is 1. The van der Waals surface area contributed by atoms with E-state index in [-0.39, 0.29) is 5.57 Å². The first kappa shape index (κ1) is 11.0. The number of nitriles is 1. The molecule has 76 valence electrons. The molecule has 0 bridgehead atoms. The van der Waals surface area contributed by atoms with Crippen LogP contribution in [-0.2, 0) is 11.2 Å². The number of nitrogens with zero attached hydrogens (tertiary/aromatic N) is 1. The monoisotopic (exact) mass is 201 g/mol. The molecule has 0 radical (unpaired) electrons. The number of benzene rings is 1. The third-order valence-electron chi connectivity index (χ3n) is 2.07. The van der Waals surface area contributed by atoms with Gasteiger partial charge in [-0.05, 0) is 30.5 Å². The van der Waals surface area contributed by atoms with Crippen LogP contribution >= 0.6 is 0 Å². The van der Waals surface area contributed by atoms with E-state index in [1.165, 1.54) is 0 Å². The highest BCUT2D eigenvalue weighted by Gasteiger charge is 2.04. The van der Waals surface area contributed by atoms with Gasteiger partial charge in [0.05, 0.1) is 11.6 Å². The number of carboxylic acids is 1. The predicted octanol–water partition coefficient (Wildman–Crippen LogP) is 2.13. The van der Waals surface area contributed by atoms with Crippen LogP contribution in [0.5, 0.6) is 0 Å². The van der Waals surface area contributed by atoms with Crippen molar-refractivity contribution < 1.29 is 9.90 Å². The topological polar surface area (TPSA) is 61.1 Å². The van der Waals surface area contributed by atoms with Crippen LogP contribution in [-0.4, -0.2) is 11.1 Å². The minimum absolute atomic E-state index is 0.192. The Bertz CT molecular complexity index is 429. The van der Waals surface area contributed by atoms with E-state index in [1.54, 1.807) is 18.2 Å². The summed E-state index contributed by atoms with van der Waals surface area (Å²) < 4.78 is 0. The van der Waals surface area contributed by atoms with Crippen molar-refractivity contribution in [2.45, 2.75) is 12.8 Å². The van der Waals surface area contributed by atoms with E-state index in [0.717, 1.165) is 5.56 Å². The highest BCUT2D eigenvalue weighted by atomic mass is 16.4. The lowest BCUT2D eigenvalue weighted by Crippen LogP contribution is -2.00. The normalized spacial score (nSPS) is 9.27. The number of rotatable bonds is 4. The number of hydrogen-bond donors (Lipinski definition) is 1. The Morgan fingerprint density at radius 2 is 2.27 bits per heavy atom. The van der Waals surface area contributed by atoms with Crippen LogP contribution in [0.4, 0.5) is 0 Å². The molecule has 0 amide bonds. The van der Waals surface area contributed by atoms with Crippen LogP contribution in [0.3, 0.4) is 0 Å². The van der Waals surface area contributed by atoms with Crippen molar-refractivity contribution in [3.05, 3.63) is 47.5 Å². The highest BCUT2D eigenvalue weighted by molar-refractivity contribution is 5.85. The Kier molecular flexibility index (Phi) is 3.64. The maximum absolute atomic E-state index is 10.5. The van der Waals surface area contributed by atoms with Gasteiger partial charge in [0.1, 0.15) is 0 Å². The van der Waals surface area contributed by atoms with E-state index in [2.05, 4.69) is 6.58 Å². The van der Waals surface area contributed by atoms with Gasteiger partial charge in [0, 0.05) is 5.57 Å². The van der Waals surface area contributed by atoms with Gasteiger partial charge in [0.25, 0.3) is 0 Å². The van der Waals surface area contributed by atoms with Gasteiger partial charge < -0.3 is 5.11 Å². The Morgan fingerprint density at radius 1 is 1.53 bits per heavy atom. The summed E-state index contributed by atoms with van der Waals surface area (Å²) in [5, 5.41) is 17.3. The SMILES string of the molecule is C=C(CCc1cccc(C#N)c1)C(=O)O. The molecular formula is C12H11NO2. The van der Waals surface area contributed by atoms with Crippen LogP contribution in [0.2, 0.25) is 0 Å². The molecule has 1 aromatic carbocycles. The summed E-state index contributed by atoms with van der Waals surface area (Å²) in [4.78, 5) is 10.5. The molecule has 0 unspecified atom stereocenters. The van der Waals surface area contributed by atoms with Gasteiger partial charge in [-0.2, -0.15) is 5.26 Å². The maximum atomic E-state index is 10.5. The van der Waals surface area contributed by atoms with Gasteiger partial charge in [-0.1, -0.05) is 18.7 Å². The third kappa shape index (κ3) is 3.28. The molecule has 3 heteroatoms. The minimum atomic E-state index is -0.966. The Hall–Kier alpha value is -2.08. The van der Waals surface area contributed by atoms with E-state index < -0.39 is 5.97 Å². The van der Waals surface area contributed by atoms with Crippen molar-refractivity contribution in [2.75, 3.05) is 0 Å². The van der Waals surface area contributed by atoms with Crippen LogP contribution in [0, 0.1) is 11.3 Å². The summed E-state index contributed by atoms with van der Waals surface area (Å²) in [6.07, 6.45) is 1.00. The van der Waals surface area contributed by atoms with Gasteiger partial charge in [-0.25, -0.2) is 4.79 Å². The molecule has 1 aromatic rings. The highest BCUT2D eigenvalue weighted by Crippen LogP contribution is 2.10. The van der Waals surface area contributed by atoms with Crippen LogP contribution in [0.15, 0.2) is 36.4 Å². The number of carboxylic acid groups (broad SMARTS) is 1. The summed E-state index contributed by atoms with van der Waals surface area (Å²) >= 11 is 0. The maximum Gasteiger partial charge on any atom is 0.330 e. The van der Waals surface area contributed by atoms with E-state index in [1.807, 2.05) is 12.1 Å². The zero-order valence-electron chi connectivity index (χ0n) is 8.23. The van der Waals surface area contributed by atoms with Crippen LogP contribution in [0.1, 0.15) is 17.5 Å². The summed E-state index contributed by atoms with van der Waals surface area (Å²) in [5.74, 6) is -0.966. The van der Waals surface area contributed by atoms with E-state index >= 15 is 0 Å². The number of hydrogen-bond acceptors (Lipinski definition) is 2. The fraction of sp³-hybridized carbons (Fsp3) is 0.167. The van der Waals surface area contributed by atoms with E-state index in [4.69, 9.17) is 10.4 Å². The molecule has 0 heterocycles. The molecule has 0 aromatic heterocycles. The fourth-order valence-corrected chi connectivity index (χ4v) is 1.20. The van der Waals surface area contributed by atoms with Crippen molar-refractivity contribution in [3.63, 3.8) is 0 Å². The molecule has 0 aliphatic heterocycles. The first-order valence-corrected chi connectivity index (χ1v) is 4.53. The molecule has 0 aliphatic rings. The molecule has 0 aliphatic carbocycles. The second kappa shape index (κ2) is 4.97. The second-order valence-electron chi connectivity index (χ2n) is 3.22. The Balaban J connectivity index is 2.62. The summed E-state index contributed by atoms with van der Waals surface area (Å²) in [5.41, 5.74) is 1.74. The van der Waals surface area contributed by atoms with Crippen molar-refractivity contribution >= 4 is 5.97 Å². The van der Waals surface area contributed by atoms with Gasteiger partial charge in [0.2, 0.25) is 0 Å². The molecule has 0 spiro atoms. The average Bonchev–Trinajstić information content (AvgIpc) is 2.26. The largest absolute Gasteiger partial charge is 0.478 e. The second-order valence-corrected chi connectivity index (χ2v) is 3.22. The summed E-state index contributed by atoms with van der Waals surface area (Å²) in [7, 11) is 0. The molecule has 0 saturated carbocycles. The molecule has 0 saturated heterocycles. The predicted molar refractivity (Wildman–Crippen MR) is 56.3 cm³/mol. The minimum Gasteiger partial charge on any atom is -0.478 e. The average molecular weight is 201 g/mol. The smallest absolute Gasteiger partial charge is 0.330 e. The molecule has 3 nitrogen and oxygen atoms in total. The zero-order valence-corrected chi connectivity index (χ0v) is 8.23. The van der Waals surface area contributed by atoms with Crippen molar-refractivity contribution in [2.24, 2.45) is 0 Å². The van der Waals surface area contributed by atoms with Gasteiger partial charge in [-0.3, -0.25) is 0 Å². The zero-order chi connectivity index (χ0) is 11.3. The molecule has 1 N–H and O–H groups in total. The van der Waals surface area contributed by atoms with E-state index in [0.29, 0.717) is 18.4 Å². The Labute approximate surface area is 88.3 Å². The van der Waals surface area contributed by atoms with Crippen molar-refractivity contribution in [1.82, 2.24) is 0 Å².